The molecule has 0 aliphatic carbocycles. The third-order valence-corrected chi connectivity index (χ3v) is 9.32. The number of carbonyl (C=O) groups is 1. The first kappa shape index (κ1) is 31.2. The first-order valence-corrected chi connectivity index (χ1v) is 15.2. The van der Waals surface area contributed by atoms with Crippen molar-refractivity contribution in [2.75, 3.05) is 26.1 Å². The van der Waals surface area contributed by atoms with Crippen molar-refractivity contribution in [1.82, 2.24) is 5.32 Å². The largest absolute Gasteiger partial charge is 0.497 e. The van der Waals surface area contributed by atoms with E-state index in [2.05, 4.69) is 5.32 Å². The number of aryl methyl sites for hydroxylation is 1. The van der Waals surface area contributed by atoms with Gasteiger partial charge in [-0.05, 0) is 79.6 Å². The summed E-state index contributed by atoms with van der Waals surface area (Å²) < 4.78 is 32.6. The zero-order valence-electron chi connectivity index (χ0n) is 24.3. The van der Waals surface area contributed by atoms with Gasteiger partial charge in [0.25, 0.3) is 5.91 Å². The van der Waals surface area contributed by atoms with Gasteiger partial charge in [-0.25, -0.2) is 8.42 Å². The van der Waals surface area contributed by atoms with Crippen molar-refractivity contribution in [3.05, 3.63) is 89.5 Å². The van der Waals surface area contributed by atoms with Crippen LogP contribution in [0.2, 0.25) is 0 Å². The number of ether oxygens (including phenoxy) is 1. The number of rotatable bonds is 13. The first-order valence-electron chi connectivity index (χ1n) is 13.6. The molecule has 0 aromatic heterocycles. The number of sulfone groups is 1. The molecule has 0 aliphatic rings. The van der Waals surface area contributed by atoms with Gasteiger partial charge in [-0.15, -0.1) is 0 Å². The molecule has 0 bridgehead atoms. The molecule has 0 spiro atoms. The Morgan fingerprint density at radius 3 is 2.20 bits per heavy atom. The van der Waals surface area contributed by atoms with Crippen molar-refractivity contribution >= 4 is 21.4 Å². The van der Waals surface area contributed by atoms with Crippen LogP contribution >= 0.6 is 0 Å². The molecular formula is C32H42N2O5S. The Bertz CT molecular complexity index is 1360. The highest BCUT2D eigenvalue weighted by Crippen LogP contribution is 2.28. The molecule has 2 N–H and O–H groups in total. The highest BCUT2D eigenvalue weighted by molar-refractivity contribution is 7.92. The van der Waals surface area contributed by atoms with Gasteiger partial charge in [-0.3, -0.25) is 4.79 Å². The smallest absolute Gasteiger partial charge is 0.251 e. The Morgan fingerprint density at radius 1 is 0.975 bits per heavy atom. The van der Waals surface area contributed by atoms with Crippen LogP contribution in [0.5, 0.6) is 5.75 Å². The summed E-state index contributed by atoms with van der Waals surface area (Å²) in [4.78, 5) is 15.6. The molecule has 8 heteroatoms. The number of amides is 1. The lowest BCUT2D eigenvalue weighted by Gasteiger charge is -2.29. The minimum atomic E-state index is -3.76. The third-order valence-electron chi connectivity index (χ3n) is 7.13. The maximum absolute atomic E-state index is 13.7. The second kappa shape index (κ2) is 13.8. The Hall–Kier alpha value is -3.36. The van der Waals surface area contributed by atoms with Gasteiger partial charge in [0, 0.05) is 25.3 Å². The molecule has 7 nitrogen and oxygen atoms in total. The molecule has 0 radical (unpaired) electrons. The number of methoxy groups -OCH3 is 1. The molecule has 3 atom stereocenters. The van der Waals surface area contributed by atoms with Crippen molar-refractivity contribution in [3.8, 4) is 5.75 Å². The van der Waals surface area contributed by atoms with Gasteiger partial charge in [0.15, 0.2) is 9.84 Å². The normalized spacial score (nSPS) is 13.9. The van der Waals surface area contributed by atoms with E-state index in [0.717, 1.165) is 16.8 Å². The Balaban J connectivity index is 1.92. The van der Waals surface area contributed by atoms with Crippen LogP contribution in [0.3, 0.4) is 0 Å². The van der Waals surface area contributed by atoms with Gasteiger partial charge in [0.2, 0.25) is 0 Å². The Labute approximate surface area is 239 Å². The van der Waals surface area contributed by atoms with Gasteiger partial charge in [0.05, 0.1) is 29.4 Å². The summed E-state index contributed by atoms with van der Waals surface area (Å²) >= 11 is 0. The van der Waals surface area contributed by atoms with Crippen LogP contribution in [0, 0.1) is 12.8 Å². The monoisotopic (exact) mass is 566 g/mol. The van der Waals surface area contributed by atoms with Crippen LogP contribution in [0.25, 0.3) is 0 Å². The SMILES string of the molecule is COc1ccc(S(=O)(=O)C(CC(C)C)CC(O)[C@H](Cc2ccccc2)NC(=O)c2cc(N(C)C)ccc2C)cc1. The molecule has 3 aromatic rings. The number of aliphatic hydroxyl groups excluding tert-OH is 1. The number of nitrogens with zero attached hydrogens (tertiary/aromatic N) is 1. The summed E-state index contributed by atoms with van der Waals surface area (Å²) in [5.74, 6) is 0.349. The second-order valence-electron chi connectivity index (χ2n) is 10.9. The summed E-state index contributed by atoms with van der Waals surface area (Å²) in [6, 6.07) is 20.9. The van der Waals surface area contributed by atoms with E-state index in [9.17, 15) is 18.3 Å². The average molecular weight is 567 g/mol. The number of aliphatic hydroxyl groups is 1. The predicted molar refractivity (Wildman–Crippen MR) is 161 cm³/mol. The van der Waals surface area contributed by atoms with Crippen molar-refractivity contribution in [2.45, 2.75) is 62.3 Å². The molecule has 216 valence electrons. The number of anilines is 1. The van der Waals surface area contributed by atoms with Crippen LogP contribution < -0.4 is 15.0 Å². The molecule has 0 fully saturated rings. The fourth-order valence-electron chi connectivity index (χ4n) is 4.80. The quantitative estimate of drug-likeness (QED) is 0.301. The fraction of sp³-hybridized carbons (Fsp3) is 0.406. The lowest BCUT2D eigenvalue weighted by Crippen LogP contribution is -2.47. The molecule has 3 aromatic carbocycles. The minimum absolute atomic E-state index is 0.0129. The van der Waals surface area contributed by atoms with Crippen LogP contribution in [-0.2, 0) is 16.3 Å². The molecule has 1 amide bonds. The van der Waals surface area contributed by atoms with E-state index in [1.165, 1.54) is 19.2 Å². The van der Waals surface area contributed by atoms with E-state index < -0.39 is 27.2 Å². The first-order chi connectivity index (χ1) is 18.9. The standard InChI is InChI=1S/C32H42N2O5S/c1-22(2)18-28(40(37,38)27-16-14-26(39-6)15-17-27)21-31(35)30(19-24-10-8-7-9-11-24)33-32(36)29-20-25(34(4)5)13-12-23(29)3/h7-17,20,22,28,30-31,35H,18-19,21H2,1-6H3,(H,33,36)/t28?,30-,31?/m0/s1. The number of nitrogens with one attached hydrogen (secondary N) is 1. The van der Waals surface area contributed by atoms with Gasteiger partial charge in [-0.2, -0.15) is 0 Å². The second-order valence-corrected chi connectivity index (χ2v) is 13.2. The molecular weight excluding hydrogens is 524 g/mol. The highest BCUT2D eigenvalue weighted by atomic mass is 32.2. The van der Waals surface area contributed by atoms with Crippen LogP contribution in [0.1, 0.15) is 48.2 Å². The van der Waals surface area contributed by atoms with Gasteiger partial charge < -0.3 is 20.1 Å². The van der Waals surface area contributed by atoms with E-state index in [0.29, 0.717) is 24.2 Å². The minimum Gasteiger partial charge on any atom is -0.497 e. The summed E-state index contributed by atoms with van der Waals surface area (Å²) in [6.07, 6.45) is -0.377. The fourth-order valence-corrected chi connectivity index (χ4v) is 6.79. The van der Waals surface area contributed by atoms with Crippen molar-refractivity contribution in [1.29, 1.82) is 0 Å². The van der Waals surface area contributed by atoms with Crippen LogP contribution in [0.4, 0.5) is 5.69 Å². The van der Waals surface area contributed by atoms with Crippen LogP contribution in [0.15, 0.2) is 77.7 Å². The lowest BCUT2D eigenvalue weighted by molar-refractivity contribution is 0.0807. The summed E-state index contributed by atoms with van der Waals surface area (Å²) in [5, 5.41) is 13.8. The molecule has 0 saturated heterocycles. The van der Waals surface area contributed by atoms with Gasteiger partial charge in [0.1, 0.15) is 5.75 Å². The third kappa shape index (κ3) is 8.08. The molecule has 0 aliphatic heterocycles. The molecule has 0 heterocycles. The highest BCUT2D eigenvalue weighted by Gasteiger charge is 2.34. The number of carbonyl (C=O) groups excluding carboxylic acids is 1. The average Bonchev–Trinajstić information content (AvgIpc) is 2.92. The zero-order chi connectivity index (χ0) is 29.4. The van der Waals surface area contributed by atoms with Crippen molar-refractivity contribution in [2.24, 2.45) is 5.92 Å². The van der Waals surface area contributed by atoms with E-state index in [4.69, 9.17) is 4.74 Å². The van der Waals surface area contributed by atoms with Crippen molar-refractivity contribution in [3.63, 3.8) is 0 Å². The predicted octanol–water partition coefficient (Wildman–Crippen LogP) is 5.05. The van der Waals surface area contributed by atoms with E-state index in [1.54, 1.807) is 12.1 Å². The number of benzene rings is 3. The Kier molecular flexibility index (Phi) is 10.8. The lowest BCUT2D eigenvalue weighted by atomic mass is 9.95. The van der Waals surface area contributed by atoms with Gasteiger partial charge in [-0.1, -0.05) is 50.2 Å². The Morgan fingerprint density at radius 2 is 1.62 bits per heavy atom. The molecule has 40 heavy (non-hydrogen) atoms. The molecule has 2 unspecified atom stereocenters. The summed E-state index contributed by atoms with van der Waals surface area (Å²) in [6.45, 7) is 5.80. The summed E-state index contributed by atoms with van der Waals surface area (Å²) in [5.41, 5.74) is 3.15. The maximum Gasteiger partial charge on any atom is 0.251 e. The topological polar surface area (TPSA) is 95.9 Å². The number of hydrogen-bond donors (Lipinski definition) is 2. The van der Waals surface area contributed by atoms with E-state index in [1.807, 2.05) is 88.3 Å². The summed E-state index contributed by atoms with van der Waals surface area (Å²) in [7, 11) is 1.59. The van der Waals surface area contributed by atoms with Gasteiger partial charge >= 0.3 is 0 Å². The zero-order valence-corrected chi connectivity index (χ0v) is 25.1. The maximum atomic E-state index is 13.7. The molecule has 0 saturated carbocycles. The molecule has 3 rings (SSSR count). The van der Waals surface area contributed by atoms with Crippen molar-refractivity contribution < 1.29 is 23.1 Å². The van der Waals surface area contributed by atoms with Crippen LogP contribution in [-0.4, -0.2) is 58.0 Å². The van der Waals surface area contributed by atoms with E-state index in [-0.39, 0.29) is 23.1 Å². The van der Waals surface area contributed by atoms with E-state index >= 15 is 0 Å². The number of hydrogen-bond acceptors (Lipinski definition) is 6.